The molecule has 3 fully saturated rings. The Kier molecular flexibility index (Phi) is 4.31. The summed E-state index contributed by atoms with van der Waals surface area (Å²) in [6.07, 6.45) is 7.07. The van der Waals surface area contributed by atoms with Crippen molar-refractivity contribution in [3.05, 3.63) is 90.6 Å². The van der Waals surface area contributed by atoms with Gasteiger partial charge in [0.2, 0.25) is 0 Å². The Bertz CT molecular complexity index is 1200. The average molecular weight is 425 g/mol. The summed E-state index contributed by atoms with van der Waals surface area (Å²) >= 11 is 0. The van der Waals surface area contributed by atoms with E-state index in [0.717, 1.165) is 35.9 Å². The number of carbonyl (C=O) groups is 1. The summed E-state index contributed by atoms with van der Waals surface area (Å²) in [4.78, 5) is 20.3. The highest BCUT2D eigenvalue weighted by atomic mass is 16.5. The minimum atomic E-state index is -0.324. The van der Waals surface area contributed by atoms with Gasteiger partial charge in [0.15, 0.2) is 0 Å². The second-order valence-electron chi connectivity index (χ2n) is 9.91. The van der Waals surface area contributed by atoms with Gasteiger partial charge in [0.1, 0.15) is 6.10 Å². The van der Waals surface area contributed by atoms with E-state index in [1.165, 1.54) is 6.42 Å². The minimum absolute atomic E-state index is 0.188. The molecule has 1 saturated carbocycles. The molecule has 32 heavy (non-hydrogen) atoms. The Morgan fingerprint density at radius 1 is 1.19 bits per heavy atom. The zero-order valence-electron chi connectivity index (χ0n) is 18.4. The van der Waals surface area contributed by atoms with E-state index in [-0.39, 0.29) is 29.1 Å². The van der Waals surface area contributed by atoms with Gasteiger partial charge in [-0.2, -0.15) is 0 Å². The van der Waals surface area contributed by atoms with Crippen LogP contribution >= 0.6 is 0 Å². The zero-order chi connectivity index (χ0) is 21.9. The Labute approximate surface area is 188 Å². The lowest BCUT2D eigenvalue weighted by atomic mass is 9.46. The van der Waals surface area contributed by atoms with Crippen LogP contribution in [0.1, 0.15) is 48.2 Å². The molecule has 0 radical (unpaired) electrons. The van der Waals surface area contributed by atoms with Gasteiger partial charge in [0, 0.05) is 22.7 Å². The fourth-order valence-electron chi connectivity index (χ4n) is 6.93. The molecule has 1 spiro atoms. The largest absolute Gasteiger partial charge is 0.452 e. The van der Waals surface area contributed by atoms with Crippen molar-refractivity contribution in [3.8, 4) is 0 Å². The van der Waals surface area contributed by atoms with Crippen LogP contribution in [0.3, 0.4) is 0 Å². The highest BCUT2D eigenvalue weighted by molar-refractivity contribution is 5.90. The van der Waals surface area contributed by atoms with Crippen LogP contribution < -0.4 is 0 Å². The van der Waals surface area contributed by atoms with E-state index < -0.39 is 0 Å². The zero-order valence-corrected chi connectivity index (χ0v) is 18.4. The summed E-state index contributed by atoms with van der Waals surface area (Å²) in [6.45, 7) is 7.51. The molecule has 1 aromatic heterocycles. The third-order valence-corrected chi connectivity index (χ3v) is 8.37. The predicted molar refractivity (Wildman–Crippen MR) is 125 cm³/mol. The predicted octanol–water partition coefficient (Wildman–Crippen LogP) is 5.56. The topological polar surface area (TPSA) is 42.4 Å². The van der Waals surface area contributed by atoms with Crippen molar-refractivity contribution in [2.24, 2.45) is 11.3 Å². The Morgan fingerprint density at radius 2 is 1.97 bits per heavy atom. The first-order valence-corrected chi connectivity index (χ1v) is 11.6. The standard InChI is InChI=1S/C28H28N2O2/c1-3-27(2)18-28-17-23(30(28)16-14-24(27)28)25(32-26(31)19-9-5-4-6-10-19)21-13-15-29-22-12-8-7-11-20(21)22/h3-13,15,23-25H,1,14,16-18H2,2H3/t23-,24+,25+,27-,28+/m1/s1. The Hall–Kier alpha value is -2.98. The molecule has 0 unspecified atom stereocenters. The van der Waals surface area contributed by atoms with Gasteiger partial charge < -0.3 is 4.74 Å². The van der Waals surface area contributed by atoms with E-state index in [2.05, 4.69) is 35.5 Å². The van der Waals surface area contributed by atoms with Gasteiger partial charge in [-0.15, -0.1) is 6.58 Å². The first kappa shape index (κ1) is 19.7. The van der Waals surface area contributed by atoms with Crippen molar-refractivity contribution in [1.82, 2.24) is 9.88 Å². The summed E-state index contributed by atoms with van der Waals surface area (Å²) in [5.41, 5.74) is 3.07. The molecular weight excluding hydrogens is 396 g/mol. The van der Waals surface area contributed by atoms with Crippen LogP contribution in [0.15, 0.2) is 79.5 Å². The van der Waals surface area contributed by atoms with E-state index in [4.69, 9.17) is 4.74 Å². The summed E-state index contributed by atoms with van der Waals surface area (Å²) in [6, 6.07) is 19.6. The molecule has 3 heterocycles. The first-order valence-electron chi connectivity index (χ1n) is 11.6. The van der Waals surface area contributed by atoms with Crippen molar-refractivity contribution in [3.63, 3.8) is 0 Å². The molecule has 2 aromatic carbocycles. The minimum Gasteiger partial charge on any atom is -0.452 e. The number of benzene rings is 2. The number of esters is 1. The van der Waals surface area contributed by atoms with Gasteiger partial charge in [-0.05, 0) is 61.4 Å². The lowest BCUT2D eigenvalue weighted by Crippen LogP contribution is -2.74. The van der Waals surface area contributed by atoms with Gasteiger partial charge >= 0.3 is 5.97 Å². The van der Waals surface area contributed by atoms with Gasteiger partial charge in [-0.3, -0.25) is 9.88 Å². The third-order valence-electron chi connectivity index (χ3n) is 8.37. The van der Waals surface area contributed by atoms with Crippen LogP contribution in [0, 0.1) is 11.3 Å². The molecule has 162 valence electrons. The number of nitrogens with zero attached hydrogens (tertiary/aromatic N) is 2. The average Bonchev–Trinajstić information content (AvgIpc) is 3.06. The number of allylic oxidation sites excluding steroid dienone is 1. The molecule has 3 aromatic rings. The second-order valence-corrected chi connectivity index (χ2v) is 9.91. The van der Waals surface area contributed by atoms with Crippen LogP contribution in [0.5, 0.6) is 0 Å². The molecule has 6 rings (SSSR count). The molecule has 4 nitrogen and oxygen atoms in total. The van der Waals surface area contributed by atoms with E-state index in [1.807, 2.05) is 60.8 Å². The van der Waals surface area contributed by atoms with Gasteiger partial charge in [-0.1, -0.05) is 49.4 Å². The van der Waals surface area contributed by atoms with E-state index in [1.54, 1.807) is 0 Å². The number of hydrogen-bond acceptors (Lipinski definition) is 4. The van der Waals surface area contributed by atoms with Crippen molar-refractivity contribution in [2.45, 2.75) is 43.9 Å². The fourth-order valence-corrected chi connectivity index (χ4v) is 6.93. The van der Waals surface area contributed by atoms with Crippen LogP contribution in [0.25, 0.3) is 10.9 Å². The molecule has 2 saturated heterocycles. The van der Waals surface area contributed by atoms with Crippen LogP contribution in [0.4, 0.5) is 0 Å². The number of para-hydroxylation sites is 1. The highest BCUT2D eigenvalue weighted by Gasteiger charge is 2.72. The summed E-state index contributed by atoms with van der Waals surface area (Å²) in [7, 11) is 0. The third kappa shape index (κ3) is 2.65. The normalized spacial score (nSPS) is 31.7. The lowest BCUT2D eigenvalue weighted by Gasteiger charge is -2.69. The summed E-state index contributed by atoms with van der Waals surface area (Å²) in [5, 5.41) is 1.06. The van der Waals surface area contributed by atoms with Crippen LogP contribution in [-0.4, -0.2) is 34.0 Å². The molecule has 2 aliphatic heterocycles. The van der Waals surface area contributed by atoms with Crippen molar-refractivity contribution in [2.75, 3.05) is 6.54 Å². The monoisotopic (exact) mass is 424 g/mol. The first-order chi connectivity index (χ1) is 15.6. The van der Waals surface area contributed by atoms with Gasteiger partial charge in [0.05, 0.1) is 17.1 Å². The molecule has 4 heteroatoms. The second kappa shape index (κ2) is 7.01. The van der Waals surface area contributed by atoms with E-state index >= 15 is 0 Å². The number of carbonyl (C=O) groups excluding carboxylic acids is 1. The SMILES string of the molecule is C=C[C@]1(C)C[C@]23C[C@H]([C@@H](OC(=O)c4ccccc4)c4ccnc5ccccc45)N2CC[C@H]31. The summed E-state index contributed by atoms with van der Waals surface area (Å²) < 4.78 is 6.30. The lowest BCUT2D eigenvalue weighted by molar-refractivity contribution is -0.193. The van der Waals surface area contributed by atoms with E-state index in [9.17, 15) is 4.79 Å². The summed E-state index contributed by atoms with van der Waals surface area (Å²) in [5.74, 6) is 0.390. The molecule has 3 aliphatic rings. The smallest absolute Gasteiger partial charge is 0.338 e. The van der Waals surface area contributed by atoms with Crippen molar-refractivity contribution in [1.29, 1.82) is 0 Å². The molecule has 1 aliphatic carbocycles. The molecular formula is C28H28N2O2. The Morgan fingerprint density at radius 3 is 2.78 bits per heavy atom. The molecule has 0 N–H and O–H groups in total. The maximum absolute atomic E-state index is 13.1. The maximum Gasteiger partial charge on any atom is 0.338 e. The molecule has 0 bridgehead atoms. The van der Waals surface area contributed by atoms with Gasteiger partial charge in [0.25, 0.3) is 0 Å². The number of fused-ring (bicyclic) bond motifs is 1. The highest BCUT2D eigenvalue weighted by Crippen LogP contribution is 2.69. The number of aromatic nitrogens is 1. The molecule has 5 atom stereocenters. The maximum atomic E-state index is 13.1. The van der Waals surface area contributed by atoms with E-state index in [0.29, 0.717) is 11.5 Å². The molecule has 0 amide bonds. The Balaban J connectivity index is 1.37. The number of hydrogen-bond donors (Lipinski definition) is 0. The fraction of sp³-hybridized carbons (Fsp3) is 0.357. The van der Waals surface area contributed by atoms with Crippen molar-refractivity contribution < 1.29 is 9.53 Å². The number of ether oxygens (including phenoxy) is 1. The quantitative estimate of drug-likeness (QED) is 0.397. The number of rotatable bonds is 5. The van der Waals surface area contributed by atoms with Crippen molar-refractivity contribution >= 4 is 16.9 Å². The van der Waals surface area contributed by atoms with Gasteiger partial charge in [-0.25, -0.2) is 4.79 Å². The van der Waals surface area contributed by atoms with Crippen LogP contribution in [0.2, 0.25) is 0 Å². The van der Waals surface area contributed by atoms with Crippen LogP contribution in [-0.2, 0) is 4.74 Å². The number of pyridine rings is 1.